The second-order valence-electron chi connectivity index (χ2n) is 15.7. The number of aliphatic hydroxyl groups is 1. The maximum Gasteiger partial charge on any atom is 0.407 e. The van der Waals surface area contributed by atoms with Crippen LogP contribution in [0.3, 0.4) is 0 Å². The molecule has 0 aromatic heterocycles. The van der Waals surface area contributed by atoms with Crippen molar-refractivity contribution in [2.24, 2.45) is 23.7 Å². The quantitative estimate of drug-likeness (QED) is 0.106. The average molecular weight is 747 g/mol. The van der Waals surface area contributed by atoms with Crippen molar-refractivity contribution < 1.29 is 43.3 Å². The Bertz CT molecular complexity index is 1670. The predicted octanol–water partition coefficient (Wildman–Crippen LogP) is 5.19. The second-order valence-corrected chi connectivity index (χ2v) is 15.7. The highest BCUT2D eigenvalue weighted by Crippen LogP contribution is 2.45. The maximum atomic E-state index is 13.3. The van der Waals surface area contributed by atoms with Gasteiger partial charge in [-0.15, -0.1) is 0 Å². The number of ether oxygens (including phenoxy) is 2. The maximum absolute atomic E-state index is 13.3. The van der Waals surface area contributed by atoms with Crippen molar-refractivity contribution in [3.05, 3.63) is 53.1 Å². The van der Waals surface area contributed by atoms with Gasteiger partial charge in [0.15, 0.2) is 0 Å². The minimum absolute atomic E-state index is 0.0560. The molecule has 3 aliphatic heterocycles. The van der Waals surface area contributed by atoms with E-state index in [1.165, 1.54) is 5.57 Å². The Labute approximate surface area is 316 Å². The number of hydrogen-bond donors (Lipinski definition) is 4. The molecule has 1 aromatic carbocycles. The van der Waals surface area contributed by atoms with E-state index in [2.05, 4.69) is 48.0 Å². The first kappa shape index (κ1) is 39.2. The molecule has 0 saturated carbocycles. The van der Waals surface area contributed by atoms with Gasteiger partial charge in [-0.3, -0.25) is 34.2 Å². The summed E-state index contributed by atoms with van der Waals surface area (Å²) in [6.07, 6.45) is 13.7. The Morgan fingerprint density at radius 1 is 0.981 bits per heavy atom. The van der Waals surface area contributed by atoms with Crippen LogP contribution in [0, 0.1) is 23.7 Å². The molecule has 4 N–H and O–H groups in total. The molecule has 54 heavy (non-hydrogen) atoms. The van der Waals surface area contributed by atoms with Gasteiger partial charge in [0.05, 0.1) is 23.7 Å². The Balaban J connectivity index is 0.878. The number of rotatable bonds is 15. The molecule has 8 atom stereocenters. The van der Waals surface area contributed by atoms with Crippen molar-refractivity contribution in [1.82, 2.24) is 15.5 Å². The fourth-order valence-electron chi connectivity index (χ4n) is 8.85. The van der Waals surface area contributed by atoms with Crippen molar-refractivity contribution >= 4 is 41.4 Å². The topological polar surface area (TPSA) is 180 Å². The molecule has 1 unspecified atom stereocenters. The minimum Gasteiger partial charge on any atom is -0.462 e. The number of aliphatic hydroxyl groups excluding tert-OH is 1. The van der Waals surface area contributed by atoms with Gasteiger partial charge >= 0.3 is 12.1 Å². The number of hydrogen-bond acceptors (Lipinski definition) is 10. The van der Waals surface area contributed by atoms with Crippen LogP contribution < -0.4 is 16.0 Å². The molecular formula is C41H54N4O9. The molecule has 1 aromatic rings. The highest BCUT2D eigenvalue weighted by molar-refractivity contribution is 6.25. The summed E-state index contributed by atoms with van der Waals surface area (Å²) in [5.74, 6) is -1.55. The lowest BCUT2D eigenvalue weighted by Gasteiger charge is -2.43. The summed E-state index contributed by atoms with van der Waals surface area (Å²) in [6.45, 7) is 5.49. The van der Waals surface area contributed by atoms with Crippen LogP contribution in [0.5, 0.6) is 0 Å². The third-order valence-corrected chi connectivity index (χ3v) is 11.6. The highest BCUT2D eigenvalue weighted by Gasteiger charge is 2.46. The van der Waals surface area contributed by atoms with Crippen LogP contribution in [0.1, 0.15) is 118 Å². The van der Waals surface area contributed by atoms with E-state index in [0.29, 0.717) is 31.6 Å². The molecule has 2 fully saturated rings. The summed E-state index contributed by atoms with van der Waals surface area (Å²) in [5.41, 5.74) is 2.29. The fraction of sp³-hybridized carbons (Fsp3) is 0.610. The number of piperidine rings is 1. The van der Waals surface area contributed by atoms with Gasteiger partial charge in [0.2, 0.25) is 11.8 Å². The zero-order valence-electron chi connectivity index (χ0n) is 31.3. The number of esters is 1. The molecule has 13 nitrogen and oxygen atoms in total. The van der Waals surface area contributed by atoms with Gasteiger partial charge in [0, 0.05) is 37.5 Å². The van der Waals surface area contributed by atoms with Gasteiger partial charge in [0.25, 0.3) is 11.8 Å². The number of nitrogens with zero attached hydrogens (tertiary/aromatic N) is 1. The number of fused-ring (bicyclic) bond motifs is 2. The van der Waals surface area contributed by atoms with Crippen LogP contribution in [0.25, 0.3) is 0 Å². The molecule has 0 bridgehead atoms. The van der Waals surface area contributed by atoms with E-state index in [0.717, 1.165) is 56.3 Å². The Kier molecular flexibility index (Phi) is 12.9. The van der Waals surface area contributed by atoms with Crippen molar-refractivity contribution in [3.8, 4) is 0 Å². The monoisotopic (exact) mass is 746 g/mol. The van der Waals surface area contributed by atoms with Crippen molar-refractivity contribution in [1.29, 1.82) is 0 Å². The number of nitrogens with one attached hydrogen (secondary N) is 3. The average Bonchev–Trinajstić information content (AvgIpc) is 3.37. The zero-order valence-corrected chi connectivity index (χ0v) is 31.3. The van der Waals surface area contributed by atoms with Crippen LogP contribution in [0.15, 0.2) is 42.0 Å². The largest absolute Gasteiger partial charge is 0.462 e. The van der Waals surface area contributed by atoms with E-state index in [4.69, 9.17) is 9.47 Å². The number of alkyl carbamates (subject to hydrolysis) is 1. The Morgan fingerprint density at radius 2 is 1.74 bits per heavy atom. The summed E-state index contributed by atoms with van der Waals surface area (Å²) in [5, 5.41) is 18.5. The van der Waals surface area contributed by atoms with E-state index < -0.39 is 41.9 Å². The number of anilines is 1. The van der Waals surface area contributed by atoms with E-state index >= 15 is 0 Å². The first-order valence-electron chi connectivity index (χ1n) is 19.8. The van der Waals surface area contributed by atoms with Gasteiger partial charge in [0.1, 0.15) is 18.2 Å². The third kappa shape index (κ3) is 9.22. The first-order chi connectivity index (χ1) is 26.0. The lowest BCUT2D eigenvalue weighted by molar-refractivity contribution is -0.160. The smallest absolute Gasteiger partial charge is 0.407 e. The molecule has 0 radical (unpaired) electrons. The SMILES string of the molecule is C[C@H]1C=C2C=C[C@H](C)[C@H](CC[C@@H]3C[C@@H](O)CC(=O)O3)[C@H]2[C@@H](OC(=O)NCCCCCCCCNc2cccc3c2C(=O)N(C2CCC(=O)NC2=O)C3=O)C1. The zero-order chi connectivity index (χ0) is 38.4. The number of unbranched alkanes of at least 4 members (excludes halogenated alkanes) is 5. The molecule has 2 aliphatic carbocycles. The number of benzene rings is 1. The standard InChI is InChI=1S/C41H54N4O9/c1-24-20-26-13-12-25(2)29(15-14-28-22-27(46)23-35(48)53-28)36(26)33(21-24)54-41(52)43-19-8-6-4-3-5-7-18-42-31-11-9-10-30-37(31)40(51)45(39(30)50)32-16-17-34(47)44-38(32)49/h9-13,20,24-25,27-29,32-33,36,42,46H,3-8,14-19,21-23H2,1-2H3,(H,43,52)(H,44,47,49)/t24-,25-,27+,28+,29-,32?,33-,36-/m0/s1. The lowest BCUT2D eigenvalue weighted by atomic mass is 9.65. The van der Waals surface area contributed by atoms with Gasteiger partial charge in [-0.25, -0.2) is 4.79 Å². The Hall–Kier alpha value is -4.52. The molecule has 6 rings (SSSR count). The molecular weight excluding hydrogens is 692 g/mol. The van der Waals surface area contributed by atoms with Crippen LogP contribution in [0.4, 0.5) is 10.5 Å². The van der Waals surface area contributed by atoms with Gasteiger partial charge in [-0.05, 0) is 74.0 Å². The third-order valence-electron chi connectivity index (χ3n) is 11.6. The molecule has 5 aliphatic rings. The highest BCUT2D eigenvalue weighted by atomic mass is 16.6. The molecule has 2 saturated heterocycles. The van der Waals surface area contributed by atoms with Crippen LogP contribution in [0.2, 0.25) is 0 Å². The van der Waals surface area contributed by atoms with Crippen LogP contribution in [-0.4, -0.2) is 83.1 Å². The van der Waals surface area contributed by atoms with E-state index in [1.807, 2.05) is 0 Å². The molecule has 5 amide bonds. The minimum atomic E-state index is -0.994. The van der Waals surface area contributed by atoms with Crippen molar-refractivity contribution in [2.45, 2.75) is 122 Å². The fourth-order valence-corrected chi connectivity index (χ4v) is 8.85. The number of carbonyl (C=O) groups is 6. The summed E-state index contributed by atoms with van der Waals surface area (Å²) >= 11 is 0. The summed E-state index contributed by atoms with van der Waals surface area (Å²) in [7, 11) is 0. The van der Waals surface area contributed by atoms with E-state index in [1.54, 1.807) is 18.2 Å². The normalized spacial score (nSPS) is 29.2. The molecule has 3 heterocycles. The number of amides is 5. The summed E-state index contributed by atoms with van der Waals surface area (Å²) in [4.78, 5) is 76.1. The molecule has 0 spiro atoms. The number of allylic oxidation sites excluding steroid dienone is 3. The van der Waals surface area contributed by atoms with E-state index in [-0.39, 0.29) is 72.2 Å². The molecule has 292 valence electrons. The number of imide groups is 2. The lowest BCUT2D eigenvalue weighted by Crippen LogP contribution is -2.54. The van der Waals surface area contributed by atoms with Gasteiger partial charge in [-0.2, -0.15) is 0 Å². The number of carbonyl (C=O) groups excluding carboxylic acids is 6. The van der Waals surface area contributed by atoms with Crippen LogP contribution >= 0.6 is 0 Å². The summed E-state index contributed by atoms with van der Waals surface area (Å²) in [6, 6.07) is 4.07. The molecule has 13 heteroatoms. The van der Waals surface area contributed by atoms with Crippen molar-refractivity contribution in [2.75, 3.05) is 18.4 Å². The summed E-state index contributed by atoms with van der Waals surface area (Å²) < 4.78 is 11.6. The van der Waals surface area contributed by atoms with E-state index in [9.17, 15) is 33.9 Å². The van der Waals surface area contributed by atoms with Gasteiger partial charge < -0.3 is 25.2 Å². The predicted molar refractivity (Wildman–Crippen MR) is 199 cm³/mol. The number of cyclic esters (lactones) is 1. The van der Waals surface area contributed by atoms with Gasteiger partial charge in [-0.1, -0.05) is 63.8 Å². The van der Waals surface area contributed by atoms with Crippen LogP contribution in [-0.2, 0) is 23.9 Å². The first-order valence-corrected chi connectivity index (χ1v) is 19.8. The van der Waals surface area contributed by atoms with Crippen molar-refractivity contribution in [3.63, 3.8) is 0 Å². The second kappa shape index (κ2) is 17.7. The Morgan fingerprint density at radius 3 is 2.50 bits per heavy atom.